The quantitative estimate of drug-likeness (QED) is 0.385. The third-order valence-electron chi connectivity index (χ3n) is 5.53. The number of hydrogen-bond acceptors (Lipinski definition) is 7. The average Bonchev–Trinajstić information content (AvgIpc) is 2.83. The molecule has 3 aromatic rings. The third kappa shape index (κ3) is 6.60. The summed E-state index contributed by atoms with van der Waals surface area (Å²) in [7, 11) is 0. The van der Waals surface area contributed by atoms with E-state index in [9.17, 15) is 9.59 Å². The molecule has 172 valence electrons. The second-order valence-corrected chi connectivity index (χ2v) is 9.02. The summed E-state index contributed by atoms with van der Waals surface area (Å²) >= 11 is 1.38. The molecule has 2 aromatic carbocycles. The number of fused-ring (bicyclic) bond motifs is 1. The summed E-state index contributed by atoms with van der Waals surface area (Å²) < 4.78 is 5.43. The van der Waals surface area contributed by atoms with Crippen molar-refractivity contribution in [1.29, 1.82) is 0 Å². The van der Waals surface area contributed by atoms with Gasteiger partial charge in [0.1, 0.15) is 10.9 Å². The fraction of sp³-hybridized carbons (Fsp3) is 0.360. The number of carbonyl (C=O) groups excluding carboxylic acids is 2. The number of aromatic nitrogens is 2. The summed E-state index contributed by atoms with van der Waals surface area (Å²) in [4.78, 5) is 36.6. The van der Waals surface area contributed by atoms with Crippen LogP contribution in [0, 0.1) is 0 Å². The Kier molecular flexibility index (Phi) is 8.04. The smallest absolute Gasteiger partial charge is 0.231 e. The number of ether oxygens (including phenoxy) is 1. The lowest BCUT2D eigenvalue weighted by molar-refractivity contribution is -0.125. The van der Waals surface area contributed by atoms with Gasteiger partial charge >= 0.3 is 0 Å². The summed E-state index contributed by atoms with van der Waals surface area (Å²) in [5, 5.41) is 4.59. The van der Waals surface area contributed by atoms with Crippen LogP contribution in [0.4, 0.5) is 0 Å². The summed E-state index contributed by atoms with van der Waals surface area (Å²) in [6.45, 7) is 5.31. The maximum Gasteiger partial charge on any atom is 0.231 e. The van der Waals surface area contributed by atoms with Crippen molar-refractivity contribution >= 4 is 34.4 Å². The molecule has 0 saturated carbocycles. The van der Waals surface area contributed by atoms with E-state index < -0.39 is 6.04 Å². The molecule has 33 heavy (non-hydrogen) atoms. The van der Waals surface area contributed by atoms with Gasteiger partial charge < -0.3 is 10.1 Å². The number of thioether (sulfide) groups is 1. The molecular formula is C25H28N4O3S. The van der Waals surface area contributed by atoms with Crippen molar-refractivity contribution in [3.63, 3.8) is 0 Å². The molecule has 0 radical (unpaired) electrons. The standard InChI is InChI=1S/C25H28N4O3S/c1-18(30)22(15-19-7-3-2-4-8-19)27-24(31)17-33-25-20-9-5-6-10-21(20)26-23(28-25)16-29-11-13-32-14-12-29/h2-10,22H,11-17H2,1H3,(H,27,31). The summed E-state index contributed by atoms with van der Waals surface area (Å²) in [5.41, 5.74) is 1.88. The number of ketones is 1. The third-order valence-corrected chi connectivity index (χ3v) is 6.52. The van der Waals surface area contributed by atoms with Crippen LogP contribution in [0.3, 0.4) is 0 Å². The first-order valence-corrected chi connectivity index (χ1v) is 12.1. The average molecular weight is 465 g/mol. The van der Waals surface area contributed by atoms with Gasteiger partial charge in [-0.15, -0.1) is 0 Å². The number of morpholine rings is 1. The van der Waals surface area contributed by atoms with Crippen LogP contribution in [0.5, 0.6) is 0 Å². The van der Waals surface area contributed by atoms with Gasteiger partial charge in [0.05, 0.1) is 37.1 Å². The number of amides is 1. The molecular weight excluding hydrogens is 436 g/mol. The van der Waals surface area contributed by atoms with Gasteiger partial charge in [-0.2, -0.15) is 0 Å². The van der Waals surface area contributed by atoms with E-state index in [0.717, 1.165) is 53.6 Å². The summed E-state index contributed by atoms with van der Waals surface area (Å²) in [6, 6.07) is 17.0. The Labute approximate surface area is 197 Å². The lowest BCUT2D eigenvalue weighted by Gasteiger charge is -2.25. The number of Topliss-reactive ketones (excluding diaryl/α,β-unsaturated/α-hetero) is 1. The van der Waals surface area contributed by atoms with Gasteiger partial charge in [0, 0.05) is 18.5 Å². The predicted octanol–water partition coefficient (Wildman–Crippen LogP) is 2.87. The molecule has 1 N–H and O–H groups in total. The monoisotopic (exact) mass is 464 g/mol. The fourth-order valence-electron chi connectivity index (χ4n) is 3.75. The lowest BCUT2D eigenvalue weighted by Crippen LogP contribution is -2.42. The van der Waals surface area contributed by atoms with E-state index in [0.29, 0.717) is 13.0 Å². The minimum atomic E-state index is -0.542. The number of carbonyl (C=O) groups is 2. The van der Waals surface area contributed by atoms with Crippen LogP contribution < -0.4 is 5.32 Å². The zero-order valence-electron chi connectivity index (χ0n) is 18.7. The molecule has 1 atom stereocenters. The van der Waals surface area contributed by atoms with Gasteiger partial charge in [-0.1, -0.05) is 60.3 Å². The van der Waals surface area contributed by atoms with Gasteiger partial charge in [-0.3, -0.25) is 14.5 Å². The van der Waals surface area contributed by atoms with E-state index in [1.807, 2.05) is 54.6 Å². The van der Waals surface area contributed by atoms with Crippen molar-refractivity contribution in [2.75, 3.05) is 32.1 Å². The molecule has 1 fully saturated rings. The maximum atomic E-state index is 12.7. The highest BCUT2D eigenvalue weighted by Crippen LogP contribution is 2.25. The first-order valence-electron chi connectivity index (χ1n) is 11.1. The van der Waals surface area contributed by atoms with Crippen LogP contribution >= 0.6 is 11.8 Å². The number of nitrogens with one attached hydrogen (secondary N) is 1. The summed E-state index contributed by atoms with van der Waals surface area (Å²) in [5.74, 6) is 0.673. The van der Waals surface area contributed by atoms with Gasteiger partial charge in [0.2, 0.25) is 5.91 Å². The maximum absolute atomic E-state index is 12.7. The highest BCUT2D eigenvalue weighted by atomic mass is 32.2. The molecule has 1 aliphatic heterocycles. The van der Waals surface area contributed by atoms with Crippen molar-refractivity contribution in [3.8, 4) is 0 Å². The molecule has 1 saturated heterocycles. The van der Waals surface area contributed by atoms with Gasteiger partial charge in [0.15, 0.2) is 5.78 Å². The highest BCUT2D eigenvalue weighted by molar-refractivity contribution is 8.00. The molecule has 1 aliphatic rings. The van der Waals surface area contributed by atoms with Crippen molar-refractivity contribution in [2.45, 2.75) is 31.0 Å². The van der Waals surface area contributed by atoms with E-state index in [1.165, 1.54) is 18.7 Å². The van der Waals surface area contributed by atoms with E-state index >= 15 is 0 Å². The highest BCUT2D eigenvalue weighted by Gasteiger charge is 2.19. The Balaban J connectivity index is 1.43. The van der Waals surface area contributed by atoms with Crippen LogP contribution in [0.25, 0.3) is 10.9 Å². The minimum Gasteiger partial charge on any atom is -0.379 e. The Morgan fingerprint density at radius 3 is 2.55 bits per heavy atom. The van der Waals surface area contributed by atoms with E-state index in [1.54, 1.807) is 0 Å². The Morgan fingerprint density at radius 2 is 1.79 bits per heavy atom. The first kappa shape index (κ1) is 23.4. The van der Waals surface area contributed by atoms with Crippen LogP contribution in [0.2, 0.25) is 0 Å². The molecule has 1 unspecified atom stereocenters. The van der Waals surface area contributed by atoms with Crippen molar-refractivity contribution in [3.05, 3.63) is 66.0 Å². The van der Waals surface area contributed by atoms with Crippen LogP contribution in [-0.4, -0.2) is 64.7 Å². The fourth-order valence-corrected chi connectivity index (χ4v) is 4.60. The number of para-hydroxylation sites is 1. The van der Waals surface area contributed by atoms with Crippen molar-refractivity contribution in [2.24, 2.45) is 0 Å². The Bertz CT molecular complexity index is 1100. The molecule has 0 spiro atoms. The molecule has 7 nitrogen and oxygen atoms in total. The molecule has 4 rings (SSSR count). The number of benzene rings is 2. The molecule has 1 aromatic heterocycles. The molecule has 0 aliphatic carbocycles. The molecule has 2 heterocycles. The largest absolute Gasteiger partial charge is 0.379 e. The minimum absolute atomic E-state index is 0.0579. The predicted molar refractivity (Wildman–Crippen MR) is 129 cm³/mol. The molecule has 1 amide bonds. The van der Waals surface area contributed by atoms with Crippen molar-refractivity contribution in [1.82, 2.24) is 20.2 Å². The van der Waals surface area contributed by atoms with Gasteiger partial charge in [-0.05, 0) is 25.0 Å². The zero-order chi connectivity index (χ0) is 23.0. The second-order valence-electron chi connectivity index (χ2n) is 8.06. The SMILES string of the molecule is CC(=O)C(Cc1ccccc1)NC(=O)CSc1nc(CN2CCOCC2)nc2ccccc12. The normalized spacial score (nSPS) is 15.3. The number of rotatable bonds is 9. The van der Waals surface area contributed by atoms with E-state index in [4.69, 9.17) is 14.7 Å². The zero-order valence-corrected chi connectivity index (χ0v) is 19.5. The second kappa shape index (κ2) is 11.4. The van der Waals surface area contributed by atoms with E-state index in [-0.39, 0.29) is 17.4 Å². The molecule has 8 heteroatoms. The van der Waals surface area contributed by atoms with Gasteiger partial charge in [0.25, 0.3) is 0 Å². The van der Waals surface area contributed by atoms with Crippen LogP contribution in [-0.2, 0) is 27.3 Å². The summed E-state index contributed by atoms with van der Waals surface area (Å²) in [6.07, 6.45) is 0.479. The Morgan fingerprint density at radius 1 is 1.06 bits per heavy atom. The van der Waals surface area contributed by atoms with E-state index in [2.05, 4.69) is 10.2 Å². The lowest BCUT2D eigenvalue weighted by atomic mass is 10.0. The van der Waals surface area contributed by atoms with Crippen LogP contribution in [0.1, 0.15) is 18.3 Å². The van der Waals surface area contributed by atoms with Gasteiger partial charge in [-0.25, -0.2) is 9.97 Å². The number of nitrogens with zero attached hydrogens (tertiary/aromatic N) is 3. The topological polar surface area (TPSA) is 84.4 Å². The van der Waals surface area contributed by atoms with Crippen molar-refractivity contribution < 1.29 is 14.3 Å². The van der Waals surface area contributed by atoms with Crippen LogP contribution in [0.15, 0.2) is 59.6 Å². The first-order chi connectivity index (χ1) is 16.1. The number of hydrogen-bond donors (Lipinski definition) is 1. The molecule has 0 bridgehead atoms. The Hall–Kier alpha value is -2.81.